The van der Waals surface area contributed by atoms with Gasteiger partial charge in [-0.2, -0.15) is 0 Å². The molecule has 3 heteroatoms. The van der Waals surface area contributed by atoms with Gasteiger partial charge in [0.2, 0.25) is 5.91 Å². The lowest BCUT2D eigenvalue weighted by atomic mass is 9.81. The monoisotopic (exact) mass is 236 g/mol. The van der Waals surface area contributed by atoms with Gasteiger partial charge in [-0.05, 0) is 31.1 Å². The van der Waals surface area contributed by atoms with Crippen LogP contribution in [0.5, 0.6) is 0 Å². The molecule has 0 atom stereocenters. The minimum atomic E-state index is -0.0962. The van der Waals surface area contributed by atoms with Crippen LogP contribution in [0.1, 0.15) is 51.9 Å². The fourth-order valence-corrected chi connectivity index (χ4v) is 3.35. The maximum Gasteiger partial charge on any atom is 0.243 e. The molecule has 0 radical (unpaired) electrons. The Labute approximate surface area is 104 Å². The molecule has 3 aliphatic rings. The van der Waals surface area contributed by atoms with E-state index in [9.17, 15) is 4.79 Å². The highest BCUT2D eigenvalue weighted by Gasteiger charge is 2.55. The molecule has 1 amide bonds. The highest BCUT2D eigenvalue weighted by atomic mass is 16.2. The van der Waals surface area contributed by atoms with Crippen LogP contribution in [-0.4, -0.2) is 29.6 Å². The molecule has 2 saturated carbocycles. The number of amides is 1. The molecule has 17 heavy (non-hydrogen) atoms. The molecular weight excluding hydrogens is 212 g/mol. The number of nitrogens with zero attached hydrogens (tertiary/aromatic N) is 1. The topological polar surface area (TPSA) is 32.3 Å². The molecule has 1 N–H and O–H groups in total. The van der Waals surface area contributed by atoms with Gasteiger partial charge in [0.15, 0.2) is 0 Å². The van der Waals surface area contributed by atoms with E-state index in [1.165, 1.54) is 32.1 Å². The molecule has 0 aromatic rings. The van der Waals surface area contributed by atoms with Gasteiger partial charge in [-0.3, -0.25) is 10.1 Å². The van der Waals surface area contributed by atoms with Crippen molar-refractivity contribution in [1.82, 2.24) is 10.2 Å². The van der Waals surface area contributed by atoms with Crippen molar-refractivity contribution in [2.75, 3.05) is 13.2 Å². The molecule has 3 rings (SSSR count). The van der Waals surface area contributed by atoms with Crippen LogP contribution in [0.4, 0.5) is 0 Å². The minimum Gasteiger partial charge on any atom is -0.328 e. The van der Waals surface area contributed by atoms with Crippen molar-refractivity contribution in [1.29, 1.82) is 0 Å². The summed E-state index contributed by atoms with van der Waals surface area (Å²) in [6.45, 7) is 4.13. The van der Waals surface area contributed by atoms with Gasteiger partial charge in [0.05, 0.1) is 12.2 Å². The van der Waals surface area contributed by atoms with Gasteiger partial charge in [0.25, 0.3) is 0 Å². The lowest BCUT2D eigenvalue weighted by Crippen LogP contribution is -2.33. The zero-order valence-electron chi connectivity index (χ0n) is 10.9. The standard InChI is InChI=1S/C14H24N2O/c1-11-2-4-12(5-3-11)6-9-16-10-15-14(7-8-14)13(16)17/h11-12,15H,2-10H2,1H3. The highest BCUT2D eigenvalue weighted by Crippen LogP contribution is 2.40. The highest BCUT2D eigenvalue weighted by molar-refractivity contribution is 5.91. The summed E-state index contributed by atoms with van der Waals surface area (Å²) in [6.07, 6.45) is 8.87. The Bertz CT molecular complexity index is 303. The molecule has 0 aromatic heterocycles. The average molecular weight is 236 g/mol. The first-order valence-corrected chi connectivity index (χ1v) is 7.24. The first-order chi connectivity index (χ1) is 8.20. The van der Waals surface area contributed by atoms with Crippen LogP contribution in [0.2, 0.25) is 0 Å². The maximum atomic E-state index is 12.1. The molecule has 3 nitrogen and oxygen atoms in total. The van der Waals surface area contributed by atoms with Crippen LogP contribution in [-0.2, 0) is 4.79 Å². The second kappa shape index (κ2) is 4.27. The normalized spacial score (nSPS) is 35.6. The fourth-order valence-electron chi connectivity index (χ4n) is 3.35. The van der Waals surface area contributed by atoms with Crippen molar-refractivity contribution in [3.63, 3.8) is 0 Å². The Morgan fingerprint density at radius 2 is 2.00 bits per heavy atom. The first-order valence-electron chi connectivity index (χ1n) is 7.24. The van der Waals surface area contributed by atoms with Gasteiger partial charge in [-0.25, -0.2) is 0 Å². The molecule has 0 unspecified atom stereocenters. The van der Waals surface area contributed by atoms with E-state index in [2.05, 4.69) is 12.2 Å². The third kappa shape index (κ3) is 2.22. The summed E-state index contributed by atoms with van der Waals surface area (Å²) in [6, 6.07) is 0. The zero-order chi connectivity index (χ0) is 11.9. The molecule has 2 aliphatic carbocycles. The summed E-state index contributed by atoms with van der Waals surface area (Å²) in [5, 5.41) is 3.38. The van der Waals surface area contributed by atoms with Gasteiger partial charge in [0, 0.05) is 6.54 Å². The fraction of sp³-hybridized carbons (Fsp3) is 0.929. The SMILES string of the molecule is CC1CCC(CCN2CNC3(CC3)C2=O)CC1. The quantitative estimate of drug-likeness (QED) is 0.814. The van der Waals surface area contributed by atoms with Gasteiger partial charge in [0.1, 0.15) is 0 Å². The Hall–Kier alpha value is -0.570. The number of nitrogens with one attached hydrogen (secondary N) is 1. The average Bonchev–Trinajstić information content (AvgIpc) is 3.05. The van der Waals surface area contributed by atoms with Crippen LogP contribution in [0.3, 0.4) is 0 Å². The maximum absolute atomic E-state index is 12.1. The Balaban J connectivity index is 1.44. The molecule has 0 aromatic carbocycles. The molecular formula is C14H24N2O. The number of hydrogen-bond donors (Lipinski definition) is 1. The van der Waals surface area contributed by atoms with E-state index < -0.39 is 0 Å². The van der Waals surface area contributed by atoms with Gasteiger partial charge < -0.3 is 4.90 Å². The molecule has 3 fully saturated rings. The largest absolute Gasteiger partial charge is 0.328 e. The van der Waals surface area contributed by atoms with Gasteiger partial charge in [-0.1, -0.05) is 32.6 Å². The van der Waals surface area contributed by atoms with Crippen molar-refractivity contribution in [3.8, 4) is 0 Å². The van der Waals surface area contributed by atoms with Crippen LogP contribution in [0.15, 0.2) is 0 Å². The predicted molar refractivity (Wildman–Crippen MR) is 67.4 cm³/mol. The zero-order valence-corrected chi connectivity index (χ0v) is 10.9. The van der Waals surface area contributed by atoms with Gasteiger partial charge >= 0.3 is 0 Å². The Morgan fingerprint density at radius 3 is 2.59 bits per heavy atom. The number of hydrogen-bond acceptors (Lipinski definition) is 2. The smallest absolute Gasteiger partial charge is 0.243 e. The molecule has 1 spiro atoms. The molecule has 0 bridgehead atoms. The van der Waals surface area contributed by atoms with E-state index in [0.717, 1.165) is 37.9 Å². The first kappa shape index (κ1) is 11.5. The van der Waals surface area contributed by atoms with Crippen molar-refractivity contribution >= 4 is 5.91 Å². The predicted octanol–water partition coefficient (Wildman–Crippen LogP) is 2.12. The number of carbonyl (C=O) groups is 1. The summed E-state index contributed by atoms with van der Waals surface area (Å²) in [4.78, 5) is 14.1. The van der Waals surface area contributed by atoms with E-state index >= 15 is 0 Å². The van der Waals surface area contributed by atoms with Crippen molar-refractivity contribution in [3.05, 3.63) is 0 Å². The number of carbonyl (C=O) groups excluding carboxylic acids is 1. The Morgan fingerprint density at radius 1 is 1.29 bits per heavy atom. The van der Waals surface area contributed by atoms with E-state index in [4.69, 9.17) is 0 Å². The van der Waals surface area contributed by atoms with E-state index in [0.29, 0.717) is 5.91 Å². The molecule has 96 valence electrons. The lowest BCUT2D eigenvalue weighted by molar-refractivity contribution is -0.129. The van der Waals surface area contributed by atoms with Crippen LogP contribution in [0.25, 0.3) is 0 Å². The summed E-state index contributed by atoms with van der Waals surface area (Å²) in [5.41, 5.74) is -0.0962. The molecule has 1 saturated heterocycles. The van der Waals surface area contributed by atoms with Crippen LogP contribution >= 0.6 is 0 Å². The van der Waals surface area contributed by atoms with Gasteiger partial charge in [-0.15, -0.1) is 0 Å². The number of rotatable bonds is 3. The van der Waals surface area contributed by atoms with Crippen molar-refractivity contribution < 1.29 is 4.79 Å². The van der Waals surface area contributed by atoms with E-state index in [1.807, 2.05) is 4.90 Å². The van der Waals surface area contributed by atoms with E-state index in [1.54, 1.807) is 0 Å². The van der Waals surface area contributed by atoms with Crippen LogP contribution < -0.4 is 5.32 Å². The summed E-state index contributed by atoms with van der Waals surface area (Å²) in [5.74, 6) is 2.17. The second-order valence-electron chi connectivity index (χ2n) is 6.40. The third-order valence-electron chi connectivity index (χ3n) is 5.00. The minimum absolute atomic E-state index is 0.0962. The molecule has 1 heterocycles. The third-order valence-corrected chi connectivity index (χ3v) is 5.00. The van der Waals surface area contributed by atoms with E-state index in [-0.39, 0.29) is 5.54 Å². The lowest BCUT2D eigenvalue weighted by Gasteiger charge is -2.27. The van der Waals surface area contributed by atoms with Crippen molar-refractivity contribution in [2.24, 2.45) is 11.8 Å². The second-order valence-corrected chi connectivity index (χ2v) is 6.40. The van der Waals surface area contributed by atoms with Crippen LogP contribution in [0, 0.1) is 11.8 Å². The Kier molecular flexibility index (Phi) is 2.89. The van der Waals surface area contributed by atoms with Crippen molar-refractivity contribution in [2.45, 2.75) is 57.4 Å². The summed E-state index contributed by atoms with van der Waals surface area (Å²) in [7, 11) is 0. The molecule has 1 aliphatic heterocycles. The summed E-state index contributed by atoms with van der Waals surface area (Å²) >= 11 is 0. The summed E-state index contributed by atoms with van der Waals surface area (Å²) < 4.78 is 0.